The topological polar surface area (TPSA) is 53.6 Å². The Kier molecular flexibility index (Phi) is 2.07. The van der Waals surface area contributed by atoms with Crippen LogP contribution in [0.4, 0.5) is 0 Å². The highest BCUT2D eigenvalue weighted by molar-refractivity contribution is 7.11. The number of imidazole rings is 1. The van der Waals surface area contributed by atoms with E-state index in [-0.39, 0.29) is 6.04 Å². The molecule has 0 amide bonds. The molecule has 1 unspecified atom stereocenters. The molecule has 0 fully saturated rings. The van der Waals surface area contributed by atoms with E-state index in [9.17, 15) is 0 Å². The predicted octanol–water partition coefficient (Wildman–Crippen LogP) is 1.41. The Labute approximate surface area is 91.8 Å². The molecule has 0 saturated carbocycles. The molecule has 0 radical (unpaired) electrons. The van der Waals surface area contributed by atoms with Crippen LogP contribution in [0.1, 0.15) is 27.3 Å². The van der Waals surface area contributed by atoms with Crippen molar-refractivity contribution in [2.45, 2.75) is 19.4 Å². The summed E-state index contributed by atoms with van der Waals surface area (Å²) in [6.45, 7) is 3.06. The number of fused-ring (bicyclic) bond motifs is 1. The lowest BCUT2D eigenvalue weighted by atomic mass is 10.1. The summed E-state index contributed by atoms with van der Waals surface area (Å²) in [5.41, 5.74) is 2.35. The molecular weight excluding hydrogens is 208 g/mol. The molecule has 3 rings (SSSR count). The highest BCUT2D eigenvalue weighted by Gasteiger charge is 2.25. The number of H-pyrrole nitrogens is 1. The molecule has 0 aliphatic carbocycles. The van der Waals surface area contributed by atoms with Crippen molar-refractivity contribution in [3.05, 3.63) is 33.8 Å². The minimum atomic E-state index is 0.179. The molecule has 4 nitrogen and oxygen atoms in total. The molecule has 3 heterocycles. The SMILES string of the molecule is Cc1cnc(C2NCCc3[nH]cnc32)s1. The molecule has 0 spiro atoms. The van der Waals surface area contributed by atoms with Crippen LogP contribution in [0.3, 0.4) is 0 Å². The summed E-state index contributed by atoms with van der Waals surface area (Å²) in [4.78, 5) is 13.2. The fourth-order valence-electron chi connectivity index (χ4n) is 1.93. The van der Waals surface area contributed by atoms with Crippen LogP contribution >= 0.6 is 11.3 Å². The van der Waals surface area contributed by atoms with E-state index in [4.69, 9.17) is 0 Å². The molecule has 0 saturated heterocycles. The van der Waals surface area contributed by atoms with Gasteiger partial charge in [-0.2, -0.15) is 0 Å². The number of aryl methyl sites for hydroxylation is 1. The zero-order chi connectivity index (χ0) is 10.3. The van der Waals surface area contributed by atoms with Crippen molar-refractivity contribution in [3.8, 4) is 0 Å². The Bertz CT molecular complexity index is 473. The fraction of sp³-hybridized carbons (Fsp3) is 0.400. The third kappa shape index (κ3) is 1.48. The molecule has 1 aliphatic heterocycles. The van der Waals surface area contributed by atoms with Crippen LogP contribution in [-0.2, 0) is 6.42 Å². The Morgan fingerprint density at radius 1 is 1.47 bits per heavy atom. The van der Waals surface area contributed by atoms with E-state index in [1.807, 2.05) is 6.20 Å². The Balaban J connectivity index is 2.02. The van der Waals surface area contributed by atoms with Crippen molar-refractivity contribution in [3.63, 3.8) is 0 Å². The van der Waals surface area contributed by atoms with Gasteiger partial charge in [0.2, 0.25) is 0 Å². The van der Waals surface area contributed by atoms with E-state index in [0.29, 0.717) is 0 Å². The zero-order valence-corrected chi connectivity index (χ0v) is 9.27. The molecule has 1 atom stereocenters. The van der Waals surface area contributed by atoms with E-state index in [0.717, 1.165) is 23.7 Å². The molecule has 15 heavy (non-hydrogen) atoms. The molecule has 0 bridgehead atoms. The summed E-state index contributed by atoms with van der Waals surface area (Å²) in [6.07, 6.45) is 4.71. The van der Waals surface area contributed by atoms with Gasteiger partial charge in [0.15, 0.2) is 0 Å². The van der Waals surface area contributed by atoms with E-state index in [1.54, 1.807) is 17.7 Å². The van der Waals surface area contributed by atoms with Crippen molar-refractivity contribution in [2.75, 3.05) is 6.54 Å². The minimum absolute atomic E-state index is 0.179. The third-order valence-corrected chi connectivity index (χ3v) is 3.61. The second-order valence-electron chi connectivity index (χ2n) is 3.71. The first-order valence-corrected chi connectivity index (χ1v) is 5.84. The first-order valence-electron chi connectivity index (χ1n) is 5.02. The van der Waals surface area contributed by atoms with Gasteiger partial charge in [-0.3, -0.25) is 0 Å². The van der Waals surface area contributed by atoms with Gasteiger partial charge in [-0.1, -0.05) is 0 Å². The average Bonchev–Trinajstić information content (AvgIpc) is 2.84. The zero-order valence-electron chi connectivity index (χ0n) is 8.45. The van der Waals surface area contributed by atoms with Crippen molar-refractivity contribution in [1.82, 2.24) is 20.3 Å². The third-order valence-electron chi connectivity index (χ3n) is 2.63. The van der Waals surface area contributed by atoms with E-state index in [2.05, 4.69) is 27.2 Å². The molecule has 2 aromatic rings. The Morgan fingerprint density at radius 3 is 3.20 bits per heavy atom. The quantitative estimate of drug-likeness (QED) is 0.764. The molecular formula is C10H12N4S. The predicted molar refractivity (Wildman–Crippen MR) is 59.0 cm³/mol. The van der Waals surface area contributed by atoms with Crippen molar-refractivity contribution >= 4 is 11.3 Å². The lowest BCUT2D eigenvalue weighted by Crippen LogP contribution is -2.30. The standard InChI is InChI=1S/C10H12N4S/c1-6-4-12-10(15-6)9-8-7(2-3-11-9)13-5-14-8/h4-5,9,11H,2-3H2,1H3,(H,13,14). The fourth-order valence-corrected chi connectivity index (χ4v) is 2.78. The van der Waals surface area contributed by atoms with Gasteiger partial charge < -0.3 is 10.3 Å². The molecule has 2 N–H and O–H groups in total. The van der Waals surface area contributed by atoms with Gasteiger partial charge in [-0.15, -0.1) is 11.3 Å². The van der Waals surface area contributed by atoms with E-state index in [1.165, 1.54) is 10.6 Å². The van der Waals surface area contributed by atoms with Gasteiger partial charge in [-0.25, -0.2) is 9.97 Å². The number of aromatic amines is 1. The number of nitrogens with zero attached hydrogens (tertiary/aromatic N) is 2. The van der Waals surface area contributed by atoms with Crippen LogP contribution in [0.25, 0.3) is 0 Å². The maximum absolute atomic E-state index is 4.42. The summed E-state index contributed by atoms with van der Waals surface area (Å²) < 4.78 is 0. The van der Waals surface area contributed by atoms with E-state index >= 15 is 0 Å². The van der Waals surface area contributed by atoms with Gasteiger partial charge in [0, 0.05) is 29.7 Å². The average molecular weight is 220 g/mol. The number of thiazole rings is 1. The lowest BCUT2D eigenvalue weighted by molar-refractivity contribution is 0.551. The first-order chi connectivity index (χ1) is 7.34. The molecule has 1 aliphatic rings. The number of hydrogen-bond acceptors (Lipinski definition) is 4. The summed E-state index contributed by atoms with van der Waals surface area (Å²) in [6, 6.07) is 0.179. The highest BCUT2D eigenvalue weighted by atomic mass is 32.1. The number of aromatic nitrogens is 3. The van der Waals surface area contributed by atoms with Crippen molar-refractivity contribution < 1.29 is 0 Å². The second kappa shape index (κ2) is 3.43. The van der Waals surface area contributed by atoms with E-state index < -0.39 is 0 Å². The van der Waals surface area contributed by atoms with Crippen LogP contribution in [0.5, 0.6) is 0 Å². The Morgan fingerprint density at radius 2 is 2.40 bits per heavy atom. The van der Waals surface area contributed by atoms with Gasteiger partial charge in [-0.05, 0) is 6.92 Å². The summed E-state index contributed by atoms with van der Waals surface area (Å²) in [7, 11) is 0. The summed E-state index contributed by atoms with van der Waals surface area (Å²) in [5, 5.41) is 4.57. The Hall–Kier alpha value is -1.20. The van der Waals surface area contributed by atoms with Crippen LogP contribution in [-0.4, -0.2) is 21.5 Å². The largest absolute Gasteiger partial charge is 0.348 e. The number of nitrogens with one attached hydrogen (secondary N) is 2. The molecule has 0 aromatic carbocycles. The summed E-state index contributed by atoms with van der Waals surface area (Å²) >= 11 is 1.73. The van der Waals surface area contributed by atoms with Crippen LogP contribution in [0.2, 0.25) is 0 Å². The van der Waals surface area contributed by atoms with Gasteiger partial charge in [0.1, 0.15) is 11.0 Å². The molecule has 2 aromatic heterocycles. The van der Waals surface area contributed by atoms with Crippen LogP contribution in [0.15, 0.2) is 12.5 Å². The normalized spacial score (nSPS) is 20.2. The number of rotatable bonds is 1. The van der Waals surface area contributed by atoms with Crippen molar-refractivity contribution in [1.29, 1.82) is 0 Å². The first kappa shape index (κ1) is 9.06. The van der Waals surface area contributed by atoms with Gasteiger partial charge in [0.25, 0.3) is 0 Å². The molecule has 78 valence electrons. The van der Waals surface area contributed by atoms with Crippen LogP contribution < -0.4 is 5.32 Å². The maximum Gasteiger partial charge on any atom is 0.116 e. The molecule has 5 heteroatoms. The van der Waals surface area contributed by atoms with Crippen LogP contribution in [0, 0.1) is 6.92 Å². The maximum atomic E-state index is 4.42. The minimum Gasteiger partial charge on any atom is -0.348 e. The van der Waals surface area contributed by atoms with Gasteiger partial charge in [0.05, 0.1) is 12.0 Å². The van der Waals surface area contributed by atoms with Crippen molar-refractivity contribution in [2.24, 2.45) is 0 Å². The summed E-state index contributed by atoms with van der Waals surface area (Å²) in [5.74, 6) is 0. The number of hydrogen-bond donors (Lipinski definition) is 2. The van der Waals surface area contributed by atoms with Gasteiger partial charge >= 0.3 is 0 Å². The smallest absolute Gasteiger partial charge is 0.116 e. The highest BCUT2D eigenvalue weighted by Crippen LogP contribution is 2.28. The monoisotopic (exact) mass is 220 g/mol. The second-order valence-corrected chi connectivity index (χ2v) is 4.98. The lowest BCUT2D eigenvalue weighted by Gasteiger charge is -2.20.